The molecule has 0 bridgehead atoms. The molecule has 0 aliphatic heterocycles. The summed E-state index contributed by atoms with van der Waals surface area (Å²) in [5, 5.41) is 3.34. The minimum Gasteiger partial charge on any atom is -0.292 e. The molecule has 0 saturated heterocycles. The lowest BCUT2D eigenvalue weighted by Crippen LogP contribution is -2.25. The van der Waals surface area contributed by atoms with Crippen LogP contribution in [0.2, 0.25) is 0 Å². The normalized spacial score (nSPS) is 14.1. The van der Waals surface area contributed by atoms with Crippen LogP contribution in [0.5, 0.6) is 0 Å². The number of aromatic nitrogens is 2. The van der Waals surface area contributed by atoms with Gasteiger partial charge in [0.1, 0.15) is 0 Å². The SMILES string of the molecule is CSc1ccc2c(c1)c(-c1cccc3ccccc13)nc(=O)n2CC1CC1. The summed E-state index contributed by atoms with van der Waals surface area (Å²) in [6.07, 6.45) is 4.50. The molecule has 1 aromatic heterocycles. The van der Waals surface area contributed by atoms with Crippen LogP contribution in [0.15, 0.2) is 70.4 Å². The molecule has 1 saturated carbocycles. The first-order valence-corrected chi connectivity index (χ1v) is 10.5. The highest BCUT2D eigenvalue weighted by molar-refractivity contribution is 7.98. The van der Waals surface area contributed by atoms with E-state index >= 15 is 0 Å². The predicted molar refractivity (Wildman–Crippen MR) is 113 cm³/mol. The summed E-state index contributed by atoms with van der Waals surface area (Å²) in [6.45, 7) is 0.775. The lowest BCUT2D eigenvalue weighted by atomic mass is 9.99. The molecule has 0 amide bonds. The van der Waals surface area contributed by atoms with Crippen molar-refractivity contribution < 1.29 is 0 Å². The highest BCUT2D eigenvalue weighted by Crippen LogP contribution is 2.35. The maximum Gasteiger partial charge on any atom is 0.348 e. The topological polar surface area (TPSA) is 34.9 Å². The lowest BCUT2D eigenvalue weighted by molar-refractivity contribution is 0.614. The third kappa shape index (κ3) is 2.94. The summed E-state index contributed by atoms with van der Waals surface area (Å²) in [5.41, 5.74) is 2.65. The summed E-state index contributed by atoms with van der Waals surface area (Å²) in [4.78, 5) is 18.7. The van der Waals surface area contributed by atoms with Crippen molar-refractivity contribution in [1.82, 2.24) is 9.55 Å². The monoisotopic (exact) mass is 372 g/mol. The first-order valence-electron chi connectivity index (χ1n) is 9.31. The van der Waals surface area contributed by atoms with Crippen LogP contribution < -0.4 is 5.69 Å². The highest BCUT2D eigenvalue weighted by atomic mass is 32.2. The Labute approximate surface area is 162 Å². The third-order valence-corrected chi connectivity index (χ3v) is 6.10. The van der Waals surface area contributed by atoms with Gasteiger partial charge in [-0.1, -0.05) is 42.5 Å². The van der Waals surface area contributed by atoms with E-state index in [1.807, 2.05) is 22.8 Å². The molecule has 1 fully saturated rings. The number of nitrogens with zero attached hydrogens (tertiary/aromatic N) is 2. The van der Waals surface area contributed by atoms with Gasteiger partial charge in [-0.2, -0.15) is 4.98 Å². The molecule has 0 atom stereocenters. The highest BCUT2D eigenvalue weighted by Gasteiger charge is 2.24. The van der Waals surface area contributed by atoms with E-state index in [-0.39, 0.29) is 5.69 Å². The standard InChI is InChI=1S/C23H20N2OS/c1-27-17-11-12-21-20(13-17)22(24-23(26)25(21)14-15-9-10-15)19-8-4-6-16-5-2-3-7-18(16)19/h2-8,11-13,15H,9-10,14H2,1H3. The van der Waals surface area contributed by atoms with Gasteiger partial charge in [0.05, 0.1) is 11.2 Å². The zero-order chi connectivity index (χ0) is 18.4. The first-order chi connectivity index (χ1) is 13.2. The van der Waals surface area contributed by atoms with Crippen molar-refractivity contribution in [2.75, 3.05) is 6.26 Å². The van der Waals surface area contributed by atoms with Gasteiger partial charge in [-0.3, -0.25) is 4.57 Å². The van der Waals surface area contributed by atoms with Crippen LogP contribution in [0.25, 0.3) is 32.9 Å². The molecule has 27 heavy (non-hydrogen) atoms. The molecule has 3 aromatic carbocycles. The van der Waals surface area contributed by atoms with Gasteiger partial charge in [-0.15, -0.1) is 11.8 Å². The third-order valence-electron chi connectivity index (χ3n) is 5.37. The molecule has 0 N–H and O–H groups in total. The number of benzene rings is 3. The molecule has 1 heterocycles. The van der Waals surface area contributed by atoms with Crippen LogP contribution in [0.1, 0.15) is 12.8 Å². The number of fused-ring (bicyclic) bond motifs is 2. The van der Waals surface area contributed by atoms with Crippen LogP contribution >= 0.6 is 11.8 Å². The Morgan fingerprint density at radius 1 is 1.04 bits per heavy atom. The van der Waals surface area contributed by atoms with E-state index < -0.39 is 0 Å². The number of hydrogen-bond acceptors (Lipinski definition) is 3. The van der Waals surface area contributed by atoms with Gasteiger partial charge in [0.15, 0.2) is 0 Å². The van der Waals surface area contributed by atoms with E-state index in [1.165, 1.54) is 17.7 Å². The van der Waals surface area contributed by atoms with Crippen molar-refractivity contribution in [1.29, 1.82) is 0 Å². The Kier molecular flexibility index (Phi) is 4.01. The molecule has 4 heteroatoms. The molecule has 0 spiro atoms. The molecule has 0 unspecified atom stereocenters. The van der Waals surface area contributed by atoms with Gasteiger partial charge in [0.2, 0.25) is 0 Å². The van der Waals surface area contributed by atoms with Crippen LogP contribution in [-0.4, -0.2) is 15.8 Å². The van der Waals surface area contributed by atoms with Crippen LogP contribution in [0, 0.1) is 5.92 Å². The van der Waals surface area contributed by atoms with E-state index in [4.69, 9.17) is 0 Å². The molecule has 134 valence electrons. The van der Waals surface area contributed by atoms with Gasteiger partial charge < -0.3 is 0 Å². The predicted octanol–water partition coefficient (Wildman–Crippen LogP) is 5.35. The van der Waals surface area contributed by atoms with Gasteiger partial charge in [0, 0.05) is 22.4 Å². The van der Waals surface area contributed by atoms with Crippen molar-refractivity contribution in [3.8, 4) is 11.3 Å². The minimum absolute atomic E-state index is 0.144. The zero-order valence-corrected chi connectivity index (χ0v) is 16.0. The maximum atomic E-state index is 12.9. The second-order valence-electron chi connectivity index (χ2n) is 7.21. The van der Waals surface area contributed by atoms with Crippen LogP contribution in [0.3, 0.4) is 0 Å². The smallest absolute Gasteiger partial charge is 0.292 e. The van der Waals surface area contributed by atoms with Crippen molar-refractivity contribution in [2.45, 2.75) is 24.3 Å². The van der Waals surface area contributed by atoms with Gasteiger partial charge in [-0.05, 0) is 54.0 Å². The first kappa shape index (κ1) is 16.6. The van der Waals surface area contributed by atoms with E-state index in [9.17, 15) is 4.79 Å². The Hall–Kier alpha value is -2.59. The van der Waals surface area contributed by atoms with Crippen molar-refractivity contribution in [3.63, 3.8) is 0 Å². The van der Waals surface area contributed by atoms with Crippen molar-refractivity contribution in [3.05, 3.63) is 71.1 Å². The van der Waals surface area contributed by atoms with Gasteiger partial charge >= 0.3 is 5.69 Å². The minimum atomic E-state index is -0.144. The number of hydrogen-bond donors (Lipinski definition) is 0. The summed E-state index contributed by atoms with van der Waals surface area (Å²) in [5.74, 6) is 0.622. The maximum absolute atomic E-state index is 12.9. The Morgan fingerprint density at radius 2 is 1.85 bits per heavy atom. The molecular formula is C23H20N2OS. The Bertz CT molecular complexity index is 1220. The summed E-state index contributed by atoms with van der Waals surface area (Å²) < 4.78 is 1.87. The Balaban J connectivity index is 1.84. The van der Waals surface area contributed by atoms with Crippen LogP contribution in [-0.2, 0) is 6.54 Å². The van der Waals surface area contributed by atoms with E-state index in [0.717, 1.165) is 39.5 Å². The van der Waals surface area contributed by atoms with Gasteiger partial charge in [0.25, 0.3) is 0 Å². The average molecular weight is 372 g/mol. The second-order valence-corrected chi connectivity index (χ2v) is 8.09. The van der Waals surface area contributed by atoms with Crippen molar-refractivity contribution >= 4 is 33.4 Å². The van der Waals surface area contributed by atoms with E-state index in [1.54, 1.807) is 11.8 Å². The molecule has 5 rings (SSSR count). The largest absolute Gasteiger partial charge is 0.348 e. The lowest BCUT2D eigenvalue weighted by Gasteiger charge is -2.14. The average Bonchev–Trinajstić information content (AvgIpc) is 3.53. The summed E-state index contributed by atoms with van der Waals surface area (Å²) >= 11 is 1.71. The fraction of sp³-hybridized carbons (Fsp3) is 0.217. The van der Waals surface area contributed by atoms with Gasteiger partial charge in [-0.25, -0.2) is 4.79 Å². The fourth-order valence-electron chi connectivity index (χ4n) is 3.76. The number of thioether (sulfide) groups is 1. The second kappa shape index (κ2) is 6.54. The quantitative estimate of drug-likeness (QED) is 0.453. The molecule has 1 aliphatic rings. The zero-order valence-electron chi connectivity index (χ0n) is 15.2. The van der Waals surface area contributed by atoms with E-state index in [0.29, 0.717) is 5.92 Å². The molecule has 0 radical (unpaired) electrons. The molecule has 1 aliphatic carbocycles. The Morgan fingerprint density at radius 3 is 2.67 bits per heavy atom. The van der Waals surface area contributed by atoms with Crippen LogP contribution in [0.4, 0.5) is 0 Å². The van der Waals surface area contributed by atoms with E-state index in [2.05, 4.69) is 53.7 Å². The molecule has 4 aromatic rings. The fourth-order valence-corrected chi connectivity index (χ4v) is 4.20. The number of rotatable bonds is 4. The summed E-state index contributed by atoms with van der Waals surface area (Å²) in [7, 11) is 0. The molecular weight excluding hydrogens is 352 g/mol. The molecule has 3 nitrogen and oxygen atoms in total. The summed E-state index contributed by atoms with van der Waals surface area (Å²) in [6, 6.07) is 20.8. The van der Waals surface area contributed by atoms with Crippen molar-refractivity contribution in [2.24, 2.45) is 5.92 Å².